The van der Waals surface area contributed by atoms with E-state index in [1.165, 1.54) is 35.4 Å². The number of hydrogen-bond donors (Lipinski definition) is 0. The number of fused-ring (bicyclic) bond motifs is 1. The van der Waals surface area contributed by atoms with Crippen LogP contribution in [0.3, 0.4) is 0 Å². The lowest BCUT2D eigenvalue weighted by Gasteiger charge is -2.21. The molecule has 1 aliphatic heterocycles. The summed E-state index contributed by atoms with van der Waals surface area (Å²) in [5.41, 5.74) is 0.954. The van der Waals surface area contributed by atoms with E-state index in [1.54, 1.807) is 25.2 Å². The monoisotopic (exact) mass is 413 g/mol. The number of amides is 2. The SMILES string of the molecule is COc1cccc(OC)c1C(=O)OC1CN(C)C(=O)N1c1nc2ccccc2s1. The average Bonchev–Trinajstić information content (AvgIpc) is 3.27. The molecule has 1 atom stereocenters. The molecule has 0 spiro atoms. The van der Waals surface area contributed by atoms with Crippen molar-refractivity contribution in [2.24, 2.45) is 0 Å². The van der Waals surface area contributed by atoms with E-state index < -0.39 is 12.2 Å². The molecule has 1 saturated heterocycles. The Labute approximate surface area is 171 Å². The van der Waals surface area contributed by atoms with E-state index in [4.69, 9.17) is 14.2 Å². The van der Waals surface area contributed by atoms with E-state index in [0.717, 1.165) is 10.2 Å². The minimum atomic E-state index is -0.824. The second kappa shape index (κ2) is 7.59. The van der Waals surface area contributed by atoms with E-state index >= 15 is 0 Å². The second-order valence-electron chi connectivity index (χ2n) is 6.39. The van der Waals surface area contributed by atoms with Crippen molar-refractivity contribution < 1.29 is 23.8 Å². The van der Waals surface area contributed by atoms with Crippen molar-refractivity contribution in [3.8, 4) is 11.5 Å². The molecule has 9 heteroatoms. The number of esters is 1. The van der Waals surface area contributed by atoms with Gasteiger partial charge in [-0.05, 0) is 24.3 Å². The van der Waals surface area contributed by atoms with Gasteiger partial charge < -0.3 is 19.1 Å². The Bertz CT molecular complexity index is 1030. The number of nitrogens with zero attached hydrogens (tertiary/aromatic N) is 3. The van der Waals surface area contributed by atoms with Crippen LogP contribution in [-0.4, -0.2) is 55.9 Å². The van der Waals surface area contributed by atoms with Crippen LogP contribution in [0.4, 0.5) is 9.93 Å². The van der Waals surface area contributed by atoms with Crippen LogP contribution in [0.2, 0.25) is 0 Å². The highest BCUT2D eigenvalue weighted by Gasteiger charge is 2.41. The van der Waals surface area contributed by atoms with Gasteiger partial charge in [-0.3, -0.25) is 0 Å². The maximum atomic E-state index is 13.0. The van der Waals surface area contributed by atoms with E-state index in [9.17, 15) is 9.59 Å². The van der Waals surface area contributed by atoms with E-state index in [1.807, 2.05) is 24.3 Å². The number of likely N-dealkylation sites (N-methyl/N-ethyl adjacent to an activating group) is 1. The first kappa shape index (κ1) is 19.0. The van der Waals surface area contributed by atoms with Crippen molar-refractivity contribution in [1.29, 1.82) is 0 Å². The summed E-state index contributed by atoms with van der Waals surface area (Å²) in [5.74, 6) is 0.0237. The zero-order valence-electron chi connectivity index (χ0n) is 16.1. The number of carbonyl (C=O) groups is 2. The highest BCUT2D eigenvalue weighted by atomic mass is 32.1. The number of methoxy groups -OCH3 is 2. The normalized spacial score (nSPS) is 16.4. The molecule has 4 rings (SSSR count). The molecule has 8 nitrogen and oxygen atoms in total. The van der Waals surface area contributed by atoms with Crippen LogP contribution >= 0.6 is 11.3 Å². The Balaban J connectivity index is 1.67. The third kappa shape index (κ3) is 3.33. The molecular formula is C20H19N3O5S. The maximum absolute atomic E-state index is 13.0. The first-order valence-electron chi connectivity index (χ1n) is 8.85. The van der Waals surface area contributed by atoms with Crippen LogP contribution in [0.15, 0.2) is 42.5 Å². The summed E-state index contributed by atoms with van der Waals surface area (Å²) >= 11 is 1.37. The lowest BCUT2D eigenvalue weighted by atomic mass is 10.2. The largest absolute Gasteiger partial charge is 0.496 e. The number of anilines is 1. The Morgan fingerprint density at radius 1 is 1.10 bits per heavy atom. The van der Waals surface area contributed by atoms with Gasteiger partial charge in [-0.1, -0.05) is 29.5 Å². The topological polar surface area (TPSA) is 81.2 Å². The first-order valence-corrected chi connectivity index (χ1v) is 9.67. The highest BCUT2D eigenvalue weighted by Crippen LogP contribution is 2.34. The maximum Gasteiger partial charge on any atom is 0.347 e. The fourth-order valence-electron chi connectivity index (χ4n) is 3.19. The van der Waals surface area contributed by atoms with E-state index in [0.29, 0.717) is 16.6 Å². The van der Waals surface area contributed by atoms with Crippen molar-refractivity contribution >= 4 is 38.7 Å². The zero-order chi connectivity index (χ0) is 20.5. The van der Waals surface area contributed by atoms with Gasteiger partial charge in [0.2, 0.25) is 6.23 Å². The van der Waals surface area contributed by atoms with Gasteiger partial charge >= 0.3 is 12.0 Å². The molecule has 1 unspecified atom stereocenters. The zero-order valence-corrected chi connectivity index (χ0v) is 16.9. The number of aromatic nitrogens is 1. The molecule has 1 aliphatic rings. The van der Waals surface area contributed by atoms with Crippen LogP contribution in [0.1, 0.15) is 10.4 Å². The fraction of sp³-hybridized carbons (Fsp3) is 0.250. The number of benzene rings is 2. The minimum absolute atomic E-state index is 0.170. The molecule has 0 N–H and O–H groups in total. The molecule has 29 heavy (non-hydrogen) atoms. The van der Waals surface area contributed by atoms with Gasteiger partial charge in [0.25, 0.3) is 0 Å². The van der Waals surface area contributed by atoms with Crippen LogP contribution in [0.25, 0.3) is 10.2 Å². The Morgan fingerprint density at radius 3 is 2.45 bits per heavy atom. The van der Waals surface area contributed by atoms with Crippen molar-refractivity contribution in [1.82, 2.24) is 9.88 Å². The Kier molecular flexibility index (Phi) is 4.98. The standard InChI is InChI=1S/C20H19N3O5S/c1-22-11-16(28-18(24)17-13(26-2)8-6-9-14(17)27-3)23(20(22)25)19-21-12-7-4-5-10-15(12)29-19/h4-10,16H,11H2,1-3H3. The summed E-state index contributed by atoms with van der Waals surface area (Å²) in [6, 6.07) is 12.3. The van der Waals surface area contributed by atoms with Gasteiger partial charge in [0, 0.05) is 7.05 Å². The predicted octanol–water partition coefficient (Wildman–Crippen LogP) is 3.37. The summed E-state index contributed by atoms with van der Waals surface area (Å²) in [4.78, 5) is 33.1. The molecule has 2 amide bonds. The predicted molar refractivity (Wildman–Crippen MR) is 109 cm³/mol. The number of thiazole rings is 1. The van der Waals surface area contributed by atoms with Crippen molar-refractivity contribution in [2.45, 2.75) is 6.23 Å². The first-order chi connectivity index (χ1) is 14.0. The van der Waals surface area contributed by atoms with Crippen molar-refractivity contribution in [3.05, 3.63) is 48.0 Å². The van der Waals surface area contributed by atoms with Gasteiger partial charge in [-0.15, -0.1) is 0 Å². The molecular weight excluding hydrogens is 394 g/mol. The quantitative estimate of drug-likeness (QED) is 0.597. The summed E-state index contributed by atoms with van der Waals surface area (Å²) in [5, 5.41) is 0.477. The Hall–Kier alpha value is -3.33. The van der Waals surface area contributed by atoms with Crippen LogP contribution in [0.5, 0.6) is 11.5 Å². The highest BCUT2D eigenvalue weighted by molar-refractivity contribution is 7.22. The number of carbonyl (C=O) groups excluding carboxylic acids is 2. The molecule has 2 aromatic carbocycles. The van der Waals surface area contributed by atoms with Gasteiger partial charge in [0.15, 0.2) is 5.13 Å². The fourth-order valence-corrected chi connectivity index (χ4v) is 4.19. The van der Waals surface area contributed by atoms with E-state index in [2.05, 4.69) is 4.98 Å². The summed E-state index contributed by atoms with van der Waals surface area (Å²) in [6.07, 6.45) is -0.824. The number of para-hydroxylation sites is 1. The molecule has 0 bridgehead atoms. The summed E-state index contributed by atoms with van der Waals surface area (Å²) in [7, 11) is 4.58. The molecule has 150 valence electrons. The molecule has 0 aliphatic carbocycles. The number of hydrogen-bond acceptors (Lipinski definition) is 7. The lowest BCUT2D eigenvalue weighted by molar-refractivity contribution is 0.0324. The second-order valence-corrected chi connectivity index (χ2v) is 7.40. The molecule has 1 fully saturated rings. The average molecular weight is 413 g/mol. The molecule has 2 heterocycles. The van der Waals surface area contributed by atoms with Crippen LogP contribution in [0, 0.1) is 0 Å². The van der Waals surface area contributed by atoms with E-state index in [-0.39, 0.29) is 18.1 Å². The molecule has 3 aromatic rings. The molecule has 1 aromatic heterocycles. The lowest BCUT2D eigenvalue weighted by Crippen LogP contribution is -2.37. The molecule has 0 radical (unpaired) electrons. The third-order valence-corrected chi connectivity index (χ3v) is 5.65. The van der Waals surface area contributed by atoms with Crippen LogP contribution < -0.4 is 14.4 Å². The van der Waals surface area contributed by atoms with Crippen molar-refractivity contribution in [2.75, 3.05) is 32.7 Å². The van der Waals surface area contributed by atoms with Crippen molar-refractivity contribution in [3.63, 3.8) is 0 Å². The third-order valence-electron chi connectivity index (χ3n) is 4.61. The summed E-state index contributed by atoms with van der Waals surface area (Å²) in [6.45, 7) is 0.220. The van der Waals surface area contributed by atoms with Gasteiger partial charge in [-0.25, -0.2) is 19.5 Å². The Morgan fingerprint density at radius 2 is 1.79 bits per heavy atom. The number of ether oxygens (including phenoxy) is 3. The smallest absolute Gasteiger partial charge is 0.347 e. The summed E-state index contributed by atoms with van der Waals surface area (Å²) < 4.78 is 17.2. The number of urea groups is 1. The molecule has 0 saturated carbocycles. The minimum Gasteiger partial charge on any atom is -0.496 e. The van der Waals surface area contributed by atoms with Crippen LogP contribution in [-0.2, 0) is 4.74 Å². The van der Waals surface area contributed by atoms with Gasteiger partial charge in [0.1, 0.15) is 17.1 Å². The van der Waals surface area contributed by atoms with Gasteiger partial charge in [0.05, 0.1) is 31.0 Å². The van der Waals surface area contributed by atoms with Gasteiger partial charge in [-0.2, -0.15) is 0 Å². The number of rotatable bonds is 5.